The van der Waals surface area contributed by atoms with Crippen molar-refractivity contribution in [1.82, 2.24) is 9.80 Å². The molecular weight excluding hydrogens is 343 g/mol. The van der Waals surface area contributed by atoms with E-state index in [1.54, 1.807) is 28.0 Å². The van der Waals surface area contributed by atoms with Crippen molar-refractivity contribution in [3.63, 3.8) is 0 Å². The highest BCUT2D eigenvalue weighted by molar-refractivity contribution is 5.96. The third kappa shape index (κ3) is 3.22. The van der Waals surface area contributed by atoms with Crippen molar-refractivity contribution in [3.05, 3.63) is 59.9 Å². The predicted octanol–water partition coefficient (Wildman–Crippen LogP) is 3.58. The maximum Gasteiger partial charge on any atom is 0.253 e. The highest BCUT2D eigenvalue weighted by Crippen LogP contribution is 2.40. The molecule has 1 atom stereocenters. The van der Waals surface area contributed by atoms with Crippen LogP contribution in [0.1, 0.15) is 29.6 Å². The lowest BCUT2D eigenvalue weighted by Gasteiger charge is -2.37. The molecule has 5 heteroatoms. The first-order valence-corrected chi connectivity index (χ1v) is 9.39. The molecule has 1 spiro atoms. The number of nitrogens with zero attached hydrogens (tertiary/aromatic N) is 2. The van der Waals surface area contributed by atoms with Crippen LogP contribution in [0.2, 0.25) is 0 Å². The average molecular weight is 366 g/mol. The van der Waals surface area contributed by atoms with Crippen molar-refractivity contribution in [2.24, 2.45) is 5.41 Å². The van der Waals surface area contributed by atoms with Crippen LogP contribution < -0.4 is 0 Å². The number of likely N-dealkylation sites (tertiary alicyclic amines) is 2. The van der Waals surface area contributed by atoms with E-state index in [1.165, 1.54) is 12.1 Å². The van der Waals surface area contributed by atoms with Crippen LogP contribution in [0.4, 0.5) is 4.39 Å². The molecule has 0 aliphatic carbocycles. The predicted molar refractivity (Wildman–Crippen MR) is 102 cm³/mol. The number of halogens is 1. The molecule has 0 bridgehead atoms. The van der Waals surface area contributed by atoms with Crippen LogP contribution in [0.5, 0.6) is 0 Å². The zero-order valence-electron chi connectivity index (χ0n) is 15.5. The number of carbonyl (C=O) groups is 2. The molecule has 2 aromatic rings. The Labute approximate surface area is 158 Å². The number of rotatable bonds is 2. The average Bonchev–Trinajstić information content (AvgIpc) is 3.11. The van der Waals surface area contributed by atoms with Crippen LogP contribution in [0.25, 0.3) is 11.1 Å². The number of hydrogen-bond donors (Lipinski definition) is 0. The topological polar surface area (TPSA) is 40.6 Å². The number of carbonyl (C=O) groups excluding carboxylic acids is 2. The van der Waals surface area contributed by atoms with Gasteiger partial charge >= 0.3 is 0 Å². The summed E-state index contributed by atoms with van der Waals surface area (Å²) in [5.41, 5.74) is 1.71. The van der Waals surface area contributed by atoms with E-state index in [0.717, 1.165) is 36.9 Å². The first-order valence-electron chi connectivity index (χ1n) is 9.39. The third-order valence-corrected chi connectivity index (χ3v) is 5.86. The van der Waals surface area contributed by atoms with Gasteiger partial charge in [0.15, 0.2) is 0 Å². The van der Waals surface area contributed by atoms with Gasteiger partial charge < -0.3 is 9.80 Å². The van der Waals surface area contributed by atoms with E-state index in [-0.39, 0.29) is 17.6 Å². The summed E-state index contributed by atoms with van der Waals surface area (Å²) in [6, 6.07) is 13.6. The lowest BCUT2D eigenvalue weighted by molar-refractivity contribution is -0.143. The molecule has 2 amide bonds. The Hall–Kier alpha value is -2.69. The van der Waals surface area contributed by atoms with Gasteiger partial charge in [-0.25, -0.2) is 4.39 Å². The van der Waals surface area contributed by atoms with E-state index in [2.05, 4.69) is 0 Å². The van der Waals surface area contributed by atoms with E-state index < -0.39 is 5.41 Å². The maximum absolute atomic E-state index is 13.5. The molecule has 4 rings (SSSR count). The summed E-state index contributed by atoms with van der Waals surface area (Å²) in [7, 11) is 1.84. The van der Waals surface area contributed by atoms with Gasteiger partial charge in [0.1, 0.15) is 5.82 Å². The second-order valence-corrected chi connectivity index (χ2v) is 7.68. The molecule has 2 fully saturated rings. The summed E-state index contributed by atoms with van der Waals surface area (Å²) in [6.45, 7) is 1.88. The molecule has 4 nitrogen and oxygen atoms in total. The summed E-state index contributed by atoms with van der Waals surface area (Å²) in [6.07, 6.45) is 2.56. The highest BCUT2D eigenvalue weighted by atomic mass is 19.1. The van der Waals surface area contributed by atoms with Gasteiger partial charge in [0.2, 0.25) is 5.91 Å². The smallest absolute Gasteiger partial charge is 0.253 e. The Kier molecular flexibility index (Phi) is 4.46. The van der Waals surface area contributed by atoms with Gasteiger partial charge in [-0.2, -0.15) is 0 Å². The molecule has 1 unspecified atom stereocenters. The van der Waals surface area contributed by atoms with Crippen LogP contribution in [0, 0.1) is 11.2 Å². The fourth-order valence-corrected chi connectivity index (χ4v) is 4.37. The molecule has 0 aromatic heterocycles. The van der Waals surface area contributed by atoms with Gasteiger partial charge in [-0.1, -0.05) is 24.3 Å². The normalized spacial score (nSPS) is 22.5. The molecule has 2 aliphatic rings. The van der Waals surface area contributed by atoms with E-state index in [4.69, 9.17) is 0 Å². The van der Waals surface area contributed by atoms with Crippen molar-refractivity contribution in [1.29, 1.82) is 0 Å². The van der Waals surface area contributed by atoms with E-state index in [9.17, 15) is 14.0 Å². The van der Waals surface area contributed by atoms with E-state index in [0.29, 0.717) is 18.7 Å². The highest BCUT2D eigenvalue weighted by Gasteiger charge is 2.48. The zero-order valence-corrected chi connectivity index (χ0v) is 15.5. The Balaban J connectivity index is 1.56. The van der Waals surface area contributed by atoms with E-state index in [1.807, 2.05) is 25.2 Å². The summed E-state index contributed by atoms with van der Waals surface area (Å²) in [5.74, 6) is -0.200. The molecule has 140 valence electrons. The lowest BCUT2D eigenvalue weighted by Crippen LogP contribution is -2.48. The number of benzene rings is 2. The SMILES string of the molecule is CN1CCCC2(CCN(C(=O)c3cccc(-c4cccc(F)c4)c3)C2)C1=O. The van der Waals surface area contributed by atoms with Gasteiger partial charge in [0.05, 0.1) is 5.41 Å². The van der Waals surface area contributed by atoms with Gasteiger partial charge in [0.25, 0.3) is 5.91 Å². The first-order chi connectivity index (χ1) is 13.0. The Morgan fingerprint density at radius 2 is 1.78 bits per heavy atom. The summed E-state index contributed by atoms with van der Waals surface area (Å²) in [4.78, 5) is 29.3. The minimum atomic E-state index is -0.414. The number of amides is 2. The third-order valence-electron chi connectivity index (χ3n) is 5.86. The second-order valence-electron chi connectivity index (χ2n) is 7.68. The molecule has 2 aromatic carbocycles. The molecule has 2 aliphatic heterocycles. The van der Waals surface area contributed by atoms with Crippen LogP contribution in [-0.2, 0) is 4.79 Å². The quantitative estimate of drug-likeness (QED) is 0.815. The number of piperidine rings is 1. The van der Waals surface area contributed by atoms with Crippen LogP contribution >= 0.6 is 0 Å². The van der Waals surface area contributed by atoms with Crippen molar-refractivity contribution in [2.75, 3.05) is 26.7 Å². The van der Waals surface area contributed by atoms with Crippen LogP contribution in [0.3, 0.4) is 0 Å². The van der Waals surface area contributed by atoms with Gasteiger partial charge in [-0.15, -0.1) is 0 Å². The molecule has 0 N–H and O–H groups in total. The largest absolute Gasteiger partial charge is 0.345 e. The molecule has 27 heavy (non-hydrogen) atoms. The minimum absolute atomic E-state index is 0.0637. The molecule has 0 saturated carbocycles. The van der Waals surface area contributed by atoms with Crippen molar-refractivity contribution >= 4 is 11.8 Å². The fourth-order valence-electron chi connectivity index (χ4n) is 4.37. The molecular formula is C22H23FN2O2. The fraction of sp³-hybridized carbons (Fsp3) is 0.364. The summed E-state index contributed by atoms with van der Waals surface area (Å²) in [5, 5.41) is 0. The van der Waals surface area contributed by atoms with Crippen LogP contribution in [0.15, 0.2) is 48.5 Å². The van der Waals surface area contributed by atoms with Crippen molar-refractivity contribution in [3.8, 4) is 11.1 Å². The number of hydrogen-bond acceptors (Lipinski definition) is 2. The first kappa shape index (κ1) is 17.7. The lowest BCUT2D eigenvalue weighted by atomic mass is 9.78. The zero-order chi connectivity index (χ0) is 19.0. The van der Waals surface area contributed by atoms with Crippen LogP contribution in [-0.4, -0.2) is 48.3 Å². The van der Waals surface area contributed by atoms with E-state index >= 15 is 0 Å². The van der Waals surface area contributed by atoms with Crippen molar-refractivity contribution < 1.29 is 14.0 Å². The van der Waals surface area contributed by atoms with Gasteiger partial charge in [0, 0.05) is 32.2 Å². The molecule has 2 saturated heterocycles. The molecule has 2 heterocycles. The monoisotopic (exact) mass is 366 g/mol. The second kappa shape index (κ2) is 6.80. The Morgan fingerprint density at radius 3 is 2.56 bits per heavy atom. The summed E-state index contributed by atoms with van der Waals surface area (Å²) < 4.78 is 13.5. The maximum atomic E-state index is 13.5. The molecule has 0 radical (unpaired) electrons. The Morgan fingerprint density at radius 1 is 1.04 bits per heavy atom. The van der Waals surface area contributed by atoms with Gasteiger partial charge in [-0.3, -0.25) is 9.59 Å². The Bertz CT molecular complexity index is 897. The standard InChI is InChI=1S/C22H23FN2O2/c1-24-11-4-9-22(21(24)27)10-12-25(15-22)20(26)18-7-2-5-16(13-18)17-6-3-8-19(23)14-17/h2-3,5-8,13-14H,4,9-12,15H2,1H3. The summed E-state index contributed by atoms with van der Waals surface area (Å²) >= 11 is 0. The van der Waals surface area contributed by atoms with Gasteiger partial charge in [-0.05, 0) is 54.7 Å². The minimum Gasteiger partial charge on any atom is -0.345 e. The van der Waals surface area contributed by atoms with Crippen molar-refractivity contribution in [2.45, 2.75) is 19.3 Å².